The summed E-state index contributed by atoms with van der Waals surface area (Å²) >= 11 is 0. The minimum absolute atomic E-state index is 0.0339. The lowest BCUT2D eigenvalue weighted by Crippen LogP contribution is -2.42. The van der Waals surface area contributed by atoms with E-state index in [2.05, 4.69) is 0 Å². The summed E-state index contributed by atoms with van der Waals surface area (Å²) < 4.78 is 13.0. The number of nitrogens with two attached hydrogens (primary N) is 1. The van der Waals surface area contributed by atoms with Crippen LogP contribution in [-0.4, -0.2) is 35.1 Å². The maximum atomic E-state index is 13.0. The average Bonchev–Trinajstić information content (AvgIpc) is 2.32. The van der Waals surface area contributed by atoms with Gasteiger partial charge in [-0.05, 0) is 31.0 Å². The largest absolute Gasteiger partial charge is 0.396 e. The Balaban J connectivity index is 2.15. The Bertz CT molecular complexity index is 437. The molecular formula is C12H15FN2O2. The Hall–Kier alpha value is -1.62. The molecule has 1 fully saturated rings. The second-order valence-electron chi connectivity index (χ2n) is 4.28. The molecule has 0 spiro atoms. The average molecular weight is 238 g/mol. The molecule has 92 valence electrons. The van der Waals surface area contributed by atoms with Crippen LogP contribution < -0.4 is 5.73 Å². The summed E-state index contributed by atoms with van der Waals surface area (Å²) in [6.45, 7) is 0.948. The van der Waals surface area contributed by atoms with E-state index in [0.29, 0.717) is 18.7 Å². The van der Waals surface area contributed by atoms with Crippen LogP contribution in [0.5, 0.6) is 0 Å². The summed E-state index contributed by atoms with van der Waals surface area (Å²) in [5.41, 5.74) is 5.75. The number of anilines is 1. The van der Waals surface area contributed by atoms with E-state index in [1.54, 1.807) is 4.90 Å². The standard InChI is InChI=1S/C12H15FN2O2/c13-10-4-3-8(6-11(10)14)12(17)15-5-1-2-9(16)7-15/h3-4,6,9,16H,1-2,5,7,14H2/t9-/m0/s1. The van der Waals surface area contributed by atoms with Crippen molar-refractivity contribution in [2.45, 2.75) is 18.9 Å². The van der Waals surface area contributed by atoms with Crippen molar-refractivity contribution < 1.29 is 14.3 Å². The van der Waals surface area contributed by atoms with Gasteiger partial charge in [0.15, 0.2) is 0 Å². The summed E-state index contributed by atoms with van der Waals surface area (Å²) in [6.07, 6.45) is 1.03. The van der Waals surface area contributed by atoms with Crippen molar-refractivity contribution >= 4 is 11.6 Å². The van der Waals surface area contributed by atoms with Crippen LogP contribution in [0.4, 0.5) is 10.1 Å². The molecule has 0 bridgehead atoms. The number of benzene rings is 1. The molecule has 1 aliphatic rings. The van der Waals surface area contributed by atoms with Crippen LogP contribution in [0.25, 0.3) is 0 Å². The number of nitrogen functional groups attached to an aromatic ring is 1. The number of halogens is 1. The first kappa shape index (κ1) is 11.9. The summed E-state index contributed by atoms with van der Waals surface area (Å²) in [4.78, 5) is 13.6. The summed E-state index contributed by atoms with van der Waals surface area (Å²) in [7, 11) is 0. The summed E-state index contributed by atoms with van der Waals surface area (Å²) in [6, 6.07) is 3.93. The van der Waals surface area contributed by atoms with Crippen LogP contribution in [0.2, 0.25) is 0 Å². The van der Waals surface area contributed by atoms with E-state index in [1.165, 1.54) is 18.2 Å². The fourth-order valence-electron chi connectivity index (χ4n) is 2.00. The number of likely N-dealkylation sites (tertiary alicyclic amines) is 1. The van der Waals surface area contributed by atoms with E-state index in [9.17, 15) is 14.3 Å². The predicted octanol–water partition coefficient (Wildman–Crippen LogP) is 1.00. The minimum Gasteiger partial charge on any atom is -0.396 e. The molecule has 1 atom stereocenters. The number of aliphatic hydroxyl groups excluding tert-OH is 1. The van der Waals surface area contributed by atoms with Gasteiger partial charge in [-0.15, -0.1) is 0 Å². The number of amides is 1. The van der Waals surface area contributed by atoms with Crippen LogP contribution in [0, 0.1) is 5.82 Å². The molecule has 1 aliphatic heterocycles. The van der Waals surface area contributed by atoms with Gasteiger partial charge in [-0.2, -0.15) is 0 Å². The lowest BCUT2D eigenvalue weighted by molar-refractivity contribution is 0.0474. The highest BCUT2D eigenvalue weighted by molar-refractivity contribution is 5.95. The number of hydrogen-bond acceptors (Lipinski definition) is 3. The number of rotatable bonds is 1. The third-order valence-electron chi connectivity index (χ3n) is 2.93. The molecule has 0 radical (unpaired) electrons. The van der Waals surface area contributed by atoms with E-state index >= 15 is 0 Å². The van der Waals surface area contributed by atoms with Crippen molar-refractivity contribution in [1.29, 1.82) is 0 Å². The zero-order chi connectivity index (χ0) is 12.4. The van der Waals surface area contributed by atoms with Crippen LogP contribution in [0.3, 0.4) is 0 Å². The van der Waals surface area contributed by atoms with Crippen LogP contribution in [0.1, 0.15) is 23.2 Å². The van der Waals surface area contributed by atoms with Crippen molar-refractivity contribution in [3.05, 3.63) is 29.6 Å². The predicted molar refractivity (Wildman–Crippen MR) is 62.0 cm³/mol. The Morgan fingerprint density at radius 3 is 2.94 bits per heavy atom. The van der Waals surface area contributed by atoms with Gasteiger partial charge in [0.1, 0.15) is 5.82 Å². The first-order valence-corrected chi connectivity index (χ1v) is 5.60. The van der Waals surface area contributed by atoms with Crippen molar-refractivity contribution in [2.24, 2.45) is 0 Å². The monoisotopic (exact) mass is 238 g/mol. The first-order valence-electron chi connectivity index (χ1n) is 5.60. The normalized spacial score (nSPS) is 20.4. The number of piperidine rings is 1. The number of nitrogens with zero attached hydrogens (tertiary/aromatic N) is 1. The summed E-state index contributed by atoms with van der Waals surface area (Å²) in [5, 5.41) is 9.50. The Morgan fingerprint density at radius 1 is 1.53 bits per heavy atom. The number of β-amino-alcohol motifs (C(OH)–C–C–N with tert-alkyl or cyclic N) is 1. The van der Waals surface area contributed by atoms with Gasteiger partial charge in [0.25, 0.3) is 5.91 Å². The highest BCUT2D eigenvalue weighted by atomic mass is 19.1. The molecule has 0 unspecified atom stereocenters. The van der Waals surface area contributed by atoms with Gasteiger partial charge in [-0.25, -0.2) is 4.39 Å². The second-order valence-corrected chi connectivity index (χ2v) is 4.28. The van der Waals surface area contributed by atoms with Crippen LogP contribution >= 0.6 is 0 Å². The topological polar surface area (TPSA) is 66.6 Å². The fraction of sp³-hybridized carbons (Fsp3) is 0.417. The lowest BCUT2D eigenvalue weighted by atomic mass is 10.1. The van der Waals surface area contributed by atoms with Gasteiger partial charge < -0.3 is 15.7 Å². The minimum atomic E-state index is -0.528. The summed E-state index contributed by atoms with van der Waals surface area (Å²) in [5.74, 6) is -0.740. The van der Waals surface area contributed by atoms with E-state index in [-0.39, 0.29) is 11.6 Å². The van der Waals surface area contributed by atoms with Gasteiger partial charge in [0.2, 0.25) is 0 Å². The molecule has 17 heavy (non-hydrogen) atoms. The van der Waals surface area contributed by atoms with Crippen molar-refractivity contribution in [3.63, 3.8) is 0 Å². The van der Waals surface area contributed by atoms with Crippen molar-refractivity contribution in [3.8, 4) is 0 Å². The molecule has 0 aliphatic carbocycles. The molecule has 0 aromatic heterocycles. The Labute approximate surface area is 98.8 Å². The number of carbonyl (C=O) groups excluding carboxylic acids is 1. The smallest absolute Gasteiger partial charge is 0.254 e. The molecular weight excluding hydrogens is 223 g/mol. The quantitative estimate of drug-likeness (QED) is 0.717. The Morgan fingerprint density at radius 2 is 2.29 bits per heavy atom. The molecule has 5 heteroatoms. The third-order valence-corrected chi connectivity index (χ3v) is 2.93. The van der Waals surface area contributed by atoms with E-state index < -0.39 is 11.9 Å². The molecule has 1 aromatic carbocycles. The van der Waals surface area contributed by atoms with E-state index in [4.69, 9.17) is 5.73 Å². The fourth-order valence-corrected chi connectivity index (χ4v) is 2.00. The molecule has 4 nitrogen and oxygen atoms in total. The van der Waals surface area contributed by atoms with Crippen molar-refractivity contribution in [2.75, 3.05) is 18.8 Å². The molecule has 1 saturated heterocycles. The molecule has 3 N–H and O–H groups in total. The van der Waals surface area contributed by atoms with Gasteiger partial charge in [-0.3, -0.25) is 4.79 Å². The molecule has 1 amide bonds. The molecule has 0 saturated carbocycles. The zero-order valence-electron chi connectivity index (χ0n) is 9.40. The number of hydrogen-bond donors (Lipinski definition) is 2. The third kappa shape index (κ3) is 2.55. The highest BCUT2D eigenvalue weighted by Gasteiger charge is 2.23. The molecule has 2 rings (SSSR count). The Kier molecular flexibility index (Phi) is 3.28. The highest BCUT2D eigenvalue weighted by Crippen LogP contribution is 2.17. The SMILES string of the molecule is Nc1cc(C(=O)N2CCC[C@H](O)C2)ccc1F. The van der Waals surface area contributed by atoms with Gasteiger partial charge in [-0.1, -0.05) is 0 Å². The van der Waals surface area contributed by atoms with Crippen molar-refractivity contribution in [1.82, 2.24) is 4.90 Å². The first-order chi connectivity index (χ1) is 8.08. The van der Waals surface area contributed by atoms with Gasteiger partial charge in [0, 0.05) is 18.7 Å². The zero-order valence-corrected chi connectivity index (χ0v) is 9.40. The number of carbonyl (C=O) groups is 1. The molecule has 1 heterocycles. The van der Waals surface area contributed by atoms with Gasteiger partial charge >= 0.3 is 0 Å². The van der Waals surface area contributed by atoms with Crippen LogP contribution in [-0.2, 0) is 0 Å². The van der Waals surface area contributed by atoms with E-state index in [0.717, 1.165) is 12.8 Å². The lowest BCUT2D eigenvalue weighted by Gasteiger charge is -2.30. The van der Waals surface area contributed by atoms with E-state index in [1.807, 2.05) is 0 Å². The van der Waals surface area contributed by atoms with Crippen LogP contribution in [0.15, 0.2) is 18.2 Å². The maximum absolute atomic E-state index is 13.0. The maximum Gasteiger partial charge on any atom is 0.254 e. The number of aliphatic hydroxyl groups is 1. The molecule has 1 aromatic rings. The van der Waals surface area contributed by atoms with Gasteiger partial charge in [0.05, 0.1) is 11.8 Å². The second kappa shape index (κ2) is 4.71.